The minimum atomic E-state index is -0.437. The van der Waals surface area contributed by atoms with Crippen LogP contribution in [0.1, 0.15) is 30.6 Å². The molecule has 0 aliphatic rings. The van der Waals surface area contributed by atoms with Gasteiger partial charge in [0, 0.05) is 17.9 Å². The predicted octanol–water partition coefficient (Wildman–Crippen LogP) is 4.11. The van der Waals surface area contributed by atoms with E-state index in [-0.39, 0.29) is 17.0 Å². The molecule has 0 N–H and O–H groups in total. The molecule has 100 valence electrons. The molecule has 0 spiro atoms. The molecule has 1 aromatic carbocycles. The highest BCUT2D eigenvalue weighted by molar-refractivity contribution is 9.09. The van der Waals surface area contributed by atoms with E-state index in [0.717, 1.165) is 17.8 Å². The fourth-order valence-electron chi connectivity index (χ4n) is 1.64. The Morgan fingerprint density at radius 2 is 2.17 bits per heavy atom. The van der Waals surface area contributed by atoms with Crippen LogP contribution in [0.3, 0.4) is 0 Å². The van der Waals surface area contributed by atoms with Crippen LogP contribution in [-0.4, -0.2) is 28.7 Å². The molecule has 1 aromatic rings. The van der Waals surface area contributed by atoms with Crippen LogP contribution in [0, 0.1) is 5.82 Å². The van der Waals surface area contributed by atoms with E-state index in [9.17, 15) is 9.18 Å². The summed E-state index contributed by atoms with van der Waals surface area (Å²) in [4.78, 5) is 14.1. The average Bonchev–Trinajstić information content (AvgIpc) is 2.28. The summed E-state index contributed by atoms with van der Waals surface area (Å²) in [5.74, 6) is -0.593. The van der Waals surface area contributed by atoms with Gasteiger partial charge in [-0.15, -0.1) is 0 Å². The van der Waals surface area contributed by atoms with Gasteiger partial charge in [-0.2, -0.15) is 0 Å². The number of alkyl halides is 1. The molecular formula is C13H16BrClFNO. The SMILES string of the molecule is CC(C)N(CCCBr)C(=O)c1ccc(F)cc1Cl. The molecule has 0 fully saturated rings. The van der Waals surface area contributed by atoms with Crippen LogP contribution in [0.5, 0.6) is 0 Å². The Balaban J connectivity index is 2.94. The molecule has 0 saturated heterocycles. The van der Waals surface area contributed by atoms with Gasteiger partial charge in [0.25, 0.3) is 5.91 Å². The summed E-state index contributed by atoms with van der Waals surface area (Å²) in [7, 11) is 0. The second-order valence-corrected chi connectivity index (χ2v) is 5.46. The van der Waals surface area contributed by atoms with Gasteiger partial charge in [-0.05, 0) is 38.5 Å². The Hall–Kier alpha value is -0.610. The van der Waals surface area contributed by atoms with Gasteiger partial charge in [0.2, 0.25) is 0 Å². The average molecular weight is 337 g/mol. The summed E-state index contributed by atoms with van der Waals surface area (Å²) in [5, 5.41) is 0.991. The number of carbonyl (C=O) groups is 1. The normalized spacial score (nSPS) is 10.8. The molecule has 1 amide bonds. The number of halogens is 3. The fraction of sp³-hybridized carbons (Fsp3) is 0.462. The fourth-order valence-corrected chi connectivity index (χ4v) is 2.14. The van der Waals surface area contributed by atoms with E-state index in [1.165, 1.54) is 12.1 Å². The molecule has 0 aromatic heterocycles. The second kappa shape index (κ2) is 7.10. The maximum absolute atomic E-state index is 13.0. The third kappa shape index (κ3) is 3.95. The molecule has 2 nitrogen and oxygen atoms in total. The highest BCUT2D eigenvalue weighted by atomic mass is 79.9. The minimum Gasteiger partial charge on any atom is -0.336 e. The van der Waals surface area contributed by atoms with Gasteiger partial charge < -0.3 is 4.90 Å². The summed E-state index contributed by atoms with van der Waals surface area (Å²) in [6, 6.07) is 3.93. The van der Waals surface area contributed by atoms with E-state index in [1.807, 2.05) is 13.8 Å². The molecule has 0 unspecified atom stereocenters. The first-order valence-corrected chi connectivity index (χ1v) is 7.29. The number of benzene rings is 1. The van der Waals surface area contributed by atoms with Crippen LogP contribution >= 0.6 is 27.5 Å². The zero-order valence-electron chi connectivity index (χ0n) is 10.4. The van der Waals surface area contributed by atoms with Crippen LogP contribution in [-0.2, 0) is 0 Å². The minimum absolute atomic E-state index is 0.0812. The van der Waals surface area contributed by atoms with Gasteiger partial charge in [0.1, 0.15) is 5.82 Å². The molecule has 0 atom stereocenters. The Kier molecular flexibility index (Phi) is 6.09. The third-order valence-corrected chi connectivity index (χ3v) is 3.45. The maximum atomic E-state index is 13.0. The smallest absolute Gasteiger partial charge is 0.255 e. The first-order valence-electron chi connectivity index (χ1n) is 5.79. The van der Waals surface area contributed by atoms with Crippen molar-refractivity contribution >= 4 is 33.4 Å². The summed E-state index contributed by atoms with van der Waals surface area (Å²) in [5.41, 5.74) is 0.348. The van der Waals surface area contributed by atoms with E-state index in [1.54, 1.807) is 4.90 Å². The standard InChI is InChI=1S/C13H16BrClFNO/c1-9(2)17(7-3-6-14)13(18)11-5-4-10(16)8-12(11)15/h4-5,8-9H,3,6-7H2,1-2H3. The van der Waals surface area contributed by atoms with Gasteiger partial charge in [-0.1, -0.05) is 27.5 Å². The van der Waals surface area contributed by atoms with Crippen LogP contribution < -0.4 is 0 Å². The van der Waals surface area contributed by atoms with Crippen molar-refractivity contribution in [3.05, 3.63) is 34.6 Å². The molecule has 0 bridgehead atoms. The summed E-state index contributed by atoms with van der Waals surface area (Å²) in [6.45, 7) is 4.54. The lowest BCUT2D eigenvalue weighted by Gasteiger charge is -2.27. The molecule has 0 aliphatic carbocycles. The lowest BCUT2D eigenvalue weighted by Crippen LogP contribution is -2.38. The lowest BCUT2D eigenvalue weighted by molar-refractivity contribution is 0.0707. The zero-order valence-corrected chi connectivity index (χ0v) is 12.8. The van der Waals surface area contributed by atoms with Crippen molar-refractivity contribution in [3.8, 4) is 0 Å². The van der Waals surface area contributed by atoms with Crippen molar-refractivity contribution in [3.63, 3.8) is 0 Å². The van der Waals surface area contributed by atoms with E-state index in [0.29, 0.717) is 12.1 Å². The molecule has 0 aliphatic heterocycles. The summed E-state index contributed by atoms with van der Waals surface area (Å²) in [6.07, 6.45) is 0.864. The number of hydrogen-bond acceptors (Lipinski definition) is 1. The molecule has 0 radical (unpaired) electrons. The van der Waals surface area contributed by atoms with E-state index >= 15 is 0 Å². The molecule has 0 saturated carbocycles. The van der Waals surface area contributed by atoms with Gasteiger partial charge in [0.15, 0.2) is 0 Å². The van der Waals surface area contributed by atoms with Crippen LogP contribution in [0.4, 0.5) is 4.39 Å². The van der Waals surface area contributed by atoms with Gasteiger partial charge >= 0.3 is 0 Å². The van der Waals surface area contributed by atoms with Crippen molar-refractivity contribution in [1.82, 2.24) is 4.90 Å². The van der Waals surface area contributed by atoms with Crippen molar-refractivity contribution in [2.24, 2.45) is 0 Å². The molecular weight excluding hydrogens is 321 g/mol. The lowest BCUT2D eigenvalue weighted by atomic mass is 10.1. The van der Waals surface area contributed by atoms with E-state index in [4.69, 9.17) is 11.6 Å². The van der Waals surface area contributed by atoms with Gasteiger partial charge in [0.05, 0.1) is 10.6 Å². The van der Waals surface area contributed by atoms with Crippen LogP contribution in [0.25, 0.3) is 0 Å². The second-order valence-electron chi connectivity index (χ2n) is 4.26. The van der Waals surface area contributed by atoms with Crippen LogP contribution in [0.15, 0.2) is 18.2 Å². The van der Waals surface area contributed by atoms with Crippen molar-refractivity contribution in [2.45, 2.75) is 26.3 Å². The highest BCUT2D eigenvalue weighted by Crippen LogP contribution is 2.20. The topological polar surface area (TPSA) is 20.3 Å². The Morgan fingerprint density at radius 1 is 1.50 bits per heavy atom. The van der Waals surface area contributed by atoms with Gasteiger partial charge in [-0.25, -0.2) is 4.39 Å². The maximum Gasteiger partial charge on any atom is 0.255 e. The van der Waals surface area contributed by atoms with E-state index in [2.05, 4.69) is 15.9 Å². The highest BCUT2D eigenvalue weighted by Gasteiger charge is 2.20. The van der Waals surface area contributed by atoms with E-state index < -0.39 is 5.82 Å². The number of amides is 1. The number of nitrogens with zero attached hydrogens (tertiary/aromatic N) is 1. The monoisotopic (exact) mass is 335 g/mol. The van der Waals surface area contributed by atoms with Crippen molar-refractivity contribution in [1.29, 1.82) is 0 Å². The zero-order chi connectivity index (χ0) is 13.7. The molecule has 18 heavy (non-hydrogen) atoms. The summed E-state index contributed by atoms with van der Waals surface area (Å²) >= 11 is 9.25. The summed E-state index contributed by atoms with van der Waals surface area (Å²) < 4.78 is 13.0. The molecule has 1 rings (SSSR count). The molecule has 5 heteroatoms. The number of hydrogen-bond donors (Lipinski definition) is 0. The quantitative estimate of drug-likeness (QED) is 0.741. The Morgan fingerprint density at radius 3 is 2.67 bits per heavy atom. The van der Waals surface area contributed by atoms with Crippen molar-refractivity contribution < 1.29 is 9.18 Å². The third-order valence-electron chi connectivity index (χ3n) is 2.58. The Bertz CT molecular complexity index is 425. The first-order chi connectivity index (χ1) is 8.47. The first kappa shape index (κ1) is 15.4. The molecule has 0 heterocycles. The Labute approximate surface area is 120 Å². The largest absolute Gasteiger partial charge is 0.336 e. The predicted molar refractivity (Wildman–Crippen MR) is 76.0 cm³/mol. The number of rotatable bonds is 5. The van der Waals surface area contributed by atoms with Crippen LogP contribution in [0.2, 0.25) is 5.02 Å². The number of carbonyl (C=O) groups excluding carboxylic acids is 1. The van der Waals surface area contributed by atoms with Gasteiger partial charge in [-0.3, -0.25) is 4.79 Å². The van der Waals surface area contributed by atoms with Crippen molar-refractivity contribution in [2.75, 3.05) is 11.9 Å².